The Morgan fingerprint density at radius 1 is 1.03 bits per heavy atom. The van der Waals surface area contributed by atoms with Crippen LogP contribution >= 0.6 is 34.7 Å². The van der Waals surface area contributed by atoms with Crippen LogP contribution in [0.15, 0.2) is 70.4 Å². The molecule has 0 aliphatic heterocycles. The van der Waals surface area contributed by atoms with Crippen LogP contribution in [0, 0.1) is 0 Å². The van der Waals surface area contributed by atoms with Crippen LogP contribution in [0.5, 0.6) is 5.75 Å². The zero-order valence-corrected chi connectivity index (χ0v) is 17.9. The second-order valence-electron chi connectivity index (χ2n) is 6.19. The Balaban J connectivity index is 1.56. The van der Waals surface area contributed by atoms with Crippen LogP contribution in [0.3, 0.4) is 0 Å². The smallest absolute Gasteiger partial charge is 0.220 e. The van der Waals surface area contributed by atoms with Crippen molar-refractivity contribution in [2.45, 2.75) is 10.2 Å². The number of halogens is 1. The molecule has 0 amide bonds. The fraction of sp³-hybridized carbons (Fsp3) is 0.0500. The van der Waals surface area contributed by atoms with Gasteiger partial charge in [-0.3, -0.25) is 0 Å². The van der Waals surface area contributed by atoms with E-state index in [4.69, 9.17) is 16.3 Å². The van der Waals surface area contributed by atoms with Crippen molar-refractivity contribution in [1.29, 1.82) is 0 Å². The van der Waals surface area contributed by atoms with Gasteiger partial charge in [-0.05, 0) is 64.2 Å². The Labute approximate surface area is 184 Å². The van der Waals surface area contributed by atoms with Gasteiger partial charge in [-0.2, -0.15) is 4.68 Å². The fourth-order valence-electron chi connectivity index (χ4n) is 2.98. The largest absolute Gasteiger partial charge is 0.497 e. The average Bonchev–Trinajstić information content (AvgIpc) is 3.42. The van der Waals surface area contributed by atoms with Gasteiger partial charge >= 0.3 is 0 Å². The minimum atomic E-state index is 0.605. The summed E-state index contributed by atoms with van der Waals surface area (Å²) in [6.45, 7) is 0. The van der Waals surface area contributed by atoms with E-state index in [9.17, 15) is 0 Å². The number of ether oxygens (including phenoxy) is 1. The van der Waals surface area contributed by atoms with Gasteiger partial charge in [0.2, 0.25) is 5.16 Å². The van der Waals surface area contributed by atoms with Crippen molar-refractivity contribution in [1.82, 2.24) is 30.2 Å². The molecule has 0 bridgehead atoms. The highest BCUT2D eigenvalue weighted by atomic mass is 35.5. The highest BCUT2D eigenvalue weighted by Gasteiger charge is 2.18. The van der Waals surface area contributed by atoms with Crippen molar-refractivity contribution in [3.8, 4) is 22.6 Å². The number of methoxy groups -OCH3 is 1. The number of nitrogens with zero attached hydrogens (tertiary/aromatic N) is 6. The molecular formula is C20H13ClN6OS2. The molecule has 0 spiro atoms. The number of aromatic nitrogens is 6. The second kappa shape index (κ2) is 8.02. The first-order valence-corrected chi connectivity index (χ1v) is 10.9. The molecule has 3 aromatic heterocycles. The van der Waals surface area contributed by atoms with Crippen molar-refractivity contribution < 1.29 is 4.74 Å². The van der Waals surface area contributed by atoms with Crippen LogP contribution in [0.2, 0.25) is 5.02 Å². The fourth-order valence-corrected chi connectivity index (χ4v) is 4.98. The van der Waals surface area contributed by atoms with Crippen LogP contribution in [0.1, 0.15) is 0 Å². The lowest BCUT2D eigenvalue weighted by atomic mass is 10.1. The first kappa shape index (κ1) is 19.0. The van der Waals surface area contributed by atoms with Crippen molar-refractivity contribution in [2.75, 3.05) is 7.11 Å². The summed E-state index contributed by atoms with van der Waals surface area (Å²) in [5.41, 5.74) is 2.94. The topological polar surface area (TPSA) is 78.6 Å². The molecule has 0 saturated heterocycles. The second-order valence-corrected chi connectivity index (χ2v) is 8.44. The monoisotopic (exact) mass is 452 g/mol. The number of rotatable bonds is 5. The van der Waals surface area contributed by atoms with Crippen molar-refractivity contribution in [2.24, 2.45) is 0 Å². The summed E-state index contributed by atoms with van der Waals surface area (Å²) in [6, 6.07) is 15.3. The molecule has 0 fully saturated rings. The van der Waals surface area contributed by atoms with Gasteiger partial charge in [0.15, 0.2) is 0 Å². The van der Waals surface area contributed by atoms with Gasteiger partial charge in [0.05, 0.1) is 18.2 Å². The Kier molecular flexibility index (Phi) is 5.07. The quantitative estimate of drug-likeness (QED) is 0.341. The first-order valence-electron chi connectivity index (χ1n) is 8.82. The Morgan fingerprint density at radius 2 is 1.83 bits per heavy atom. The number of hydrogen-bond donors (Lipinski definition) is 0. The average molecular weight is 453 g/mol. The standard InChI is InChI=1S/C20H13ClN6OS2/c1-28-15-8-6-14(7-9-15)27-20(24-25-26-27)30-19-17-16(10-29-18(17)22-11-23-19)12-2-4-13(21)5-3-12/h2-11H,1H3. The lowest BCUT2D eigenvalue weighted by molar-refractivity contribution is 0.414. The molecule has 148 valence electrons. The van der Waals surface area contributed by atoms with Crippen LogP contribution in [0.4, 0.5) is 0 Å². The summed E-state index contributed by atoms with van der Waals surface area (Å²) in [6.07, 6.45) is 1.56. The van der Waals surface area contributed by atoms with E-state index in [1.54, 1.807) is 29.5 Å². The molecule has 0 aliphatic carbocycles. The van der Waals surface area contributed by atoms with E-state index in [1.807, 2.05) is 48.5 Å². The van der Waals surface area contributed by atoms with Crippen molar-refractivity contribution in [3.63, 3.8) is 0 Å². The van der Waals surface area contributed by atoms with Gasteiger partial charge < -0.3 is 4.74 Å². The summed E-state index contributed by atoms with van der Waals surface area (Å²) < 4.78 is 6.90. The maximum absolute atomic E-state index is 6.05. The third kappa shape index (κ3) is 3.51. The number of hydrogen-bond acceptors (Lipinski definition) is 8. The van der Waals surface area contributed by atoms with Crippen LogP contribution in [-0.4, -0.2) is 37.3 Å². The lowest BCUT2D eigenvalue weighted by Crippen LogP contribution is -1.99. The Morgan fingerprint density at radius 3 is 2.60 bits per heavy atom. The maximum atomic E-state index is 6.05. The molecule has 2 aromatic carbocycles. The van der Waals surface area contributed by atoms with Gasteiger partial charge in [-0.1, -0.05) is 23.7 Å². The predicted molar refractivity (Wildman–Crippen MR) is 118 cm³/mol. The van der Waals surface area contributed by atoms with E-state index in [2.05, 4.69) is 30.9 Å². The Hall–Kier alpha value is -3.01. The number of fused-ring (bicyclic) bond motifs is 1. The van der Waals surface area contributed by atoms with E-state index >= 15 is 0 Å². The van der Waals surface area contributed by atoms with E-state index < -0.39 is 0 Å². The van der Waals surface area contributed by atoms with Crippen LogP contribution in [-0.2, 0) is 0 Å². The molecular weight excluding hydrogens is 440 g/mol. The van der Waals surface area contributed by atoms with Gasteiger partial charge in [0.25, 0.3) is 0 Å². The highest BCUT2D eigenvalue weighted by molar-refractivity contribution is 7.99. The molecule has 0 radical (unpaired) electrons. The van der Waals surface area contributed by atoms with E-state index in [-0.39, 0.29) is 0 Å². The minimum absolute atomic E-state index is 0.605. The molecule has 7 nitrogen and oxygen atoms in total. The molecule has 5 rings (SSSR count). The zero-order chi connectivity index (χ0) is 20.5. The number of thiophene rings is 1. The Bertz CT molecular complexity index is 1320. The number of tetrazole rings is 1. The molecule has 0 N–H and O–H groups in total. The van der Waals surface area contributed by atoms with Gasteiger partial charge in [0, 0.05) is 16.0 Å². The summed E-state index contributed by atoms with van der Waals surface area (Å²) in [5.74, 6) is 0.768. The summed E-state index contributed by atoms with van der Waals surface area (Å²) in [4.78, 5) is 9.86. The van der Waals surface area contributed by atoms with Crippen LogP contribution < -0.4 is 4.74 Å². The predicted octanol–water partition coefficient (Wildman–Crippen LogP) is 5.15. The minimum Gasteiger partial charge on any atom is -0.497 e. The van der Waals surface area contributed by atoms with Gasteiger partial charge in [-0.25, -0.2) is 9.97 Å². The summed E-state index contributed by atoms with van der Waals surface area (Å²) in [7, 11) is 1.63. The summed E-state index contributed by atoms with van der Waals surface area (Å²) in [5, 5.41) is 17.3. The van der Waals surface area contributed by atoms with Gasteiger partial charge in [0.1, 0.15) is 21.9 Å². The van der Waals surface area contributed by atoms with E-state index in [0.29, 0.717) is 10.2 Å². The molecule has 0 aliphatic rings. The van der Waals surface area contributed by atoms with E-state index in [1.165, 1.54) is 11.8 Å². The molecule has 3 heterocycles. The number of benzene rings is 2. The first-order chi connectivity index (χ1) is 14.7. The van der Waals surface area contributed by atoms with E-state index in [0.717, 1.165) is 37.8 Å². The highest BCUT2D eigenvalue weighted by Crippen LogP contribution is 2.40. The molecule has 0 saturated carbocycles. The normalized spacial score (nSPS) is 11.1. The van der Waals surface area contributed by atoms with Crippen LogP contribution in [0.25, 0.3) is 27.0 Å². The van der Waals surface area contributed by atoms with Crippen molar-refractivity contribution >= 4 is 44.9 Å². The van der Waals surface area contributed by atoms with Crippen molar-refractivity contribution in [3.05, 3.63) is 65.3 Å². The van der Waals surface area contributed by atoms with Gasteiger partial charge in [-0.15, -0.1) is 16.4 Å². The molecule has 10 heteroatoms. The molecule has 30 heavy (non-hydrogen) atoms. The third-order valence-electron chi connectivity index (χ3n) is 4.44. The summed E-state index contributed by atoms with van der Waals surface area (Å²) >= 11 is 9.02. The molecule has 5 aromatic rings. The maximum Gasteiger partial charge on any atom is 0.220 e. The lowest BCUT2D eigenvalue weighted by Gasteiger charge is -2.07. The SMILES string of the molecule is COc1ccc(-n2nnnc2Sc2ncnc3scc(-c4ccc(Cl)cc4)c23)cc1. The molecule has 0 atom stereocenters. The zero-order valence-electron chi connectivity index (χ0n) is 15.6. The molecule has 0 unspecified atom stereocenters. The third-order valence-corrected chi connectivity index (χ3v) is 6.51.